The number of rotatable bonds is 5. The van der Waals surface area contributed by atoms with Crippen molar-refractivity contribution in [3.05, 3.63) is 45.7 Å². The number of aromatic nitrogens is 2. The summed E-state index contributed by atoms with van der Waals surface area (Å²) < 4.78 is 2.73. The third-order valence-corrected chi connectivity index (χ3v) is 4.71. The van der Waals surface area contributed by atoms with Gasteiger partial charge < -0.3 is 10.4 Å². The summed E-state index contributed by atoms with van der Waals surface area (Å²) in [6.45, 7) is 6.09. The lowest BCUT2D eigenvalue weighted by Gasteiger charge is -2.13. The van der Waals surface area contributed by atoms with Crippen molar-refractivity contribution in [2.45, 2.75) is 27.3 Å². The van der Waals surface area contributed by atoms with Crippen molar-refractivity contribution in [1.29, 1.82) is 0 Å². The molecule has 0 bridgehead atoms. The molecule has 2 aromatic rings. The Labute approximate surface area is 142 Å². The first-order valence-electron chi connectivity index (χ1n) is 7.13. The fourth-order valence-corrected chi connectivity index (χ4v) is 2.47. The number of hydrogen-bond donors (Lipinski definition) is 2. The van der Waals surface area contributed by atoms with Gasteiger partial charge in [-0.25, -0.2) is 4.79 Å². The minimum Gasteiger partial charge on any atom is -0.478 e. The lowest BCUT2D eigenvalue weighted by atomic mass is 10.1. The summed E-state index contributed by atoms with van der Waals surface area (Å²) in [5.41, 5.74) is 2.45. The molecule has 7 heteroatoms. The SMILES string of the molecule is Cc1nn(C[C@H](C)C(=O)Nc2cccc(C(=O)O)c2)c(C)c1Br. The summed E-state index contributed by atoms with van der Waals surface area (Å²) in [7, 11) is 0. The smallest absolute Gasteiger partial charge is 0.335 e. The van der Waals surface area contributed by atoms with Gasteiger partial charge in [-0.3, -0.25) is 9.48 Å². The van der Waals surface area contributed by atoms with Crippen LogP contribution in [-0.4, -0.2) is 26.8 Å². The van der Waals surface area contributed by atoms with E-state index in [9.17, 15) is 9.59 Å². The van der Waals surface area contributed by atoms with Gasteiger partial charge in [0, 0.05) is 11.4 Å². The van der Waals surface area contributed by atoms with Crippen molar-refractivity contribution in [2.24, 2.45) is 5.92 Å². The van der Waals surface area contributed by atoms with Crippen LogP contribution in [0.3, 0.4) is 0 Å². The third-order valence-electron chi connectivity index (χ3n) is 3.56. The van der Waals surface area contributed by atoms with Gasteiger partial charge in [0.1, 0.15) is 0 Å². The summed E-state index contributed by atoms with van der Waals surface area (Å²) in [5, 5.41) is 16.1. The van der Waals surface area contributed by atoms with Gasteiger partial charge in [0.25, 0.3) is 0 Å². The molecule has 0 aliphatic carbocycles. The van der Waals surface area contributed by atoms with Crippen LogP contribution in [0.25, 0.3) is 0 Å². The Bertz CT molecular complexity index is 755. The maximum absolute atomic E-state index is 12.3. The van der Waals surface area contributed by atoms with E-state index in [1.807, 2.05) is 13.8 Å². The molecule has 0 unspecified atom stereocenters. The van der Waals surface area contributed by atoms with E-state index in [-0.39, 0.29) is 17.4 Å². The molecule has 0 fully saturated rings. The van der Waals surface area contributed by atoms with E-state index in [2.05, 4.69) is 26.3 Å². The van der Waals surface area contributed by atoms with E-state index in [0.717, 1.165) is 15.9 Å². The zero-order valence-corrected chi connectivity index (χ0v) is 14.7. The van der Waals surface area contributed by atoms with Crippen LogP contribution >= 0.6 is 15.9 Å². The lowest BCUT2D eigenvalue weighted by molar-refractivity contribution is -0.119. The van der Waals surface area contributed by atoms with Gasteiger partial charge in [-0.05, 0) is 48.0 Å². The molecule has 0 saturated heterocycles. The number of benzene rings is 1. The highest BCUT2D eigenvalue weighted by molar-refractivity contribution is 9.10. The molecule has 0 aliphatic rings. The summed E-state index contributed by atoms with van der Waals surface area (Å²) in [4.78, 5) is 23.2. The number of anilines is 1. The van der Waals surface area contributed by atoms with E-state index >= 15 is 0 Å². The molecule has 0 radical (unpaired) electrons. The maximum atomic E-state index is 12.3. The van der Waals surface area contributed by atoms with Crippen molar-refractivity contribution < 1.29 is 14.7 Å². The number of carbonyl (C=O) groups excluding carboxylic acids is 1. The van der Waals surface area contributed by atoms with Crippen molar-refractivity contribution in [1.82, 2.24) is 9.78 Å². The molecule has 1 atom stereocenters. The predicted octanol–water partition coefficient (Wildman–Crippen LogP) is 3.24. The molecular weight excluding hydrogens is 362 g/mol. The lowest BCUT2D eigenvalue weighted by Crippen LogP contribution is -2.25. The predicted molar refractivity (Wildman–Crippen MR) is 90.6 cm³/mol. The van der Waals surface area contributed by atoms with E-state index in [1.165, 1.54) is 12.1 Å². The van der Waals surface area contributed by atoms with Crippen LogP contribution in [0.2, 0.25) is 0 Å². The molecule has 2 rings (SSSR count). The average Bonchev–Trinajstić information content (AvgIpc) is 2.74. The van der Waals surface area contributed by atoms with E-state index in [4.69, 9.17) is 5.11 Å². The van der Waals surface area contributed by atoms with Gasteiger partial charge >= 0.3 is 5.97 Å². The van der Waals surface area contributed by atoms with E-state index in [1.54, 1.807) is 23.7 Å². The molecule has 1 aromatic carbocycles. The molecule has 23 heavy (non-hydrogen) atoms. The number of nitrogens with one attached hydrogen (secondary N) is 1. The van der Waals surface area contributed by atoms with Crippen molar-refractivity contribution in [3.8, 4) is 0 Å². The normalized spacial score (nSPS) is 12.0. The second-order valence-corrected chi connectivity index (χ2v) is 6.24. The van der Waals surface area contributed by atoms with Crippen LogP contribution in [0.5, 0.6) is 0 Å². The second-order valence-electron chi connectivity index (χ2n) is 5.44. The fraction of sp³-hybridized carbons (Fsp3) is 0.312. The highest BCUT2D eigenvalue weighted by atomic mass is 79.9. The van der Waals surface area contributed by atoms with Crippen molar-refractivity contribution in [2.75, 3.05) is 5.32 Å². The van der Waals surface area contributed by atoms with Gasteiger partial charge in [0.2, 0.25) is 5.91 Å². The Balaban J connectivity index is 2.06. The average molecular weight is 380 g/mol. The zero-order chi connectivity index (χ0) is 17.1. The molecule has 0 spiro atoms. The topological polar surface area (TPSA) is 84.2 Å². The third kappa shape index (κ3) is 3.98. The van der Waals surface area contributed by atoms with Gasteiger partial charge in [0.05, 0.1) is 28.2 Å². The Morgan fingerprint density at radius 2 is 2.09 bits per heavy atom. The van der Waals surface area contributed by atoms with E-state index in [0.29, 0.717) is 12.2 Å². The Hall–Kier alpha value is -2.15. The van der Waals surface area contributed by atoms with Crippen LogP contribution in [-0.2, 0) is 11.3 Å². The molecule has 2 N–H and O–H groups in total. The zero-order valence-electron chi connectivity index (χ0n) is 13.1. The molecule has 122 valence electrons. The number of carbonyl (C=O) groups is 2. The first kappa shape index (κ1) is 17.2. The number of amides is 1. The summed E-state index contributed by atoms with van der Waals surface area (Å²) in [6.07, 6.45) is 0. The number of aryl methyl sites for hydroxylation is 1. The first-order valence-corrected chi connectivity index (χ1v) is 7.92. The highest BCUT2D eigenvalue weighted by Gasteiger charge is 2.17. The van der Waals surface area contributed by atoms with Gasteiger partial charge in [-0.1, -0.05) is 13.0 Å². The standard InChI is InChI=1S/C16H18BrN3O3/c1-9(8-20-11(3)14(17)10(2)19-20)15(21)18-13-6-4-5-12(7-13)16(22)23/h4-7,9H,8H2,1-3H3,(H,18,21)(H,22,23)/t9-/m0/s1. The number of halogens is 1. The monoisotopic (exact) mass is 379 g/mol. The number of carboxylic acid groups (broad SMARTS) is 1. The molecule has 0 aliphatic heterocycles. The fourth-order valence-electron chi connectivity index (χ4n) is 2.19. The molecule has 1 amide bonds. The van der Waals surface area contributed by atoms with Crippen LogP contribution < -0.4 is 5.32 Å². The number of carboxylic acids is 1. The number of nitrogens with zero attached hydrogens (tertiary/aromatic N) is 2. The Morgan fingerprint density at radius 3 is 2.65 bits per heavy atom. The Kier molecular flexibility index (Phi) is 5.20. The molecule has 6 nitrogen and oxygen atoms in total. The summed E-state index contributed by atoms with van der Waals surface area (Å²) in [5.74, 6) is -1.52. The number of hydrogen-bond acceptors (Lipinski definition) is 3. The number of aromatic carboxylic acids is 1. The summed E-state index contributed by atoms with van der Waals surface area (Å²) in [6, 6.07) is 6.18. The minimum absolute atomic E-state index is 0.137. The Morgan fingerprint density at radius 1 is 1.39 bits per heavy atom. The van der Waals surface area contributed by atoms with E-state index < -0.39 is 5.97 Å². The van der Waals surface area contributed by atoms with Gasteiger partial charge in [0.15, 0.2) is 0 Å². The molecule has 0 saturated carbocycles. The van der Waals surface area contributed by atoms with Crippen LogP contribution in [0, 0.1) is 19.8 Å². The summed E-state index contributed by atoms with van der Waals surface area (Å²) >= 11 is 3.46. The highest BCUT2D eigenvalue weighted by Crippen LogP contribution is 2.21. The van der Waals surface area contributed by atoms with Gasteiger partial charge in [-0.15, -0.1) is 0 Å². The largest absolute Gasteiger partial charge is 0.478 e. The van der Waals surface area contributed by atoms with Gasteiger partial charge in [-0.2, -0.15) is 5.10 Å². The maximum Gasteiger partial charge on any atom is 0.335 e. The van der Waals surface area contributed by atoms with Crippen LogP contribution in [0.4, 0.5) is 5.69 Å². The first-order chi connectivity index (χ1) is 10.8. The molecular formula is C16H18BrN3O3. The second kappa shape index (κ2) is 6.95. The molecule has 1 heterocycles. The van der Waals surface area contributed by atoms with Crippen LogP contribution in [0.1, 0.15) is 28.7 Å². The van der Waals surface area contributed by atoms with Crippen molar-refractivity contribution >= 4 is 33.5 Å². The van der Waals surface area contributed by atoms with Crippen molar-refractivity contribution in [3.63, 3.8) is 0 Å². The quantitative estimate of drug-likeness (QED) is 0.834. The minimum atomic E-state index is -1.03. The molecule has 1 aromatic heterocycles. The van der Waals surface area contributed by atoms with Crippen LogP contribution in [0.15, 0.2) is 28.7 Å².